The van der Waals surface area contributed by atoms with Gasteiger partial charge >= 0.3 is 0 Å². The Kier molecular flexibility index (Phi) is 7.06. The quantitative estimate of drug-likeness (QED) is 0.493. The van der Waals surface area contributed by atoms with E-state index in [9.17, 15) is 26.4 Å². The summed E-state index contributed by atoms with van der Waals surface area (Å²) in [5.74, 6) is -4.88. The van der Waals surface area contributed by atoms with Gasteiger partial charge in [-0.1, -0.05) is 0 Å². The average molecular weight is 457 g/mol. The fraction of sp³-hybridized carbons (Fsp3) is 0.350. The van der Waals surface area contributed by atoms with Crippen molar-refractivity contribution >= 4 is 21.6 Å². The highest BCUT2D eigenvalue weighted by molar-refractivity contribution is 7.89. The second-order valence-electron chi connectivity index (χ2n) is 6.92. The van der Waals surface area contributed by atoms with E-state index in [0.29, 0.717) is 12.4 Å². The second-order valence-corrected chi connectivity index (χ2v) is 8.86. The van der Waals surface area contributed by atoms with Crippen LogP contribution in [0.1, 0.15) is 19.8 Å². The SMILES string of the molecule is CCOc1ccc(S(=O)(=O)N2CCC(C(=O)NNc3ccc(F)c(F)c3F)CC2)cc1. The van der Waals surface area contributed by atoms with E-state index in [1.165, 1.54) is 16.4 Å². The fourth-order valence-corrected chi connectivity index (χ4v) is 4.71. The van der Waals surface area contributed by atoms with Crippen LogP contribution in [0.25, 0.3) is 0 Å². The summed E-state index contributed by atoms with van der Waals surface area (Å²) in [5.41, 5.74) is 4.08. The molecule has 7 nitrogen and oxygen atoms in total. The third-order valence-corrected chi connectivity index (χ3v) is 6.87. The standard InChI is InChI=1S/C20H22F3N3O4S/c1-2-30-14-3-5-15(6-4-14)31(28,29)26-11-9-13(10-12-26)20(27)25-24-17-8-7-16(21)18(22)19(17)23/h3-8,13,24H,2,9-12H2,1H3,(H,25,27). The van der Waals surface area contributed by atoms with Crippen LogP contribution in [0.5, 0.6) is 5.75 Å². The van der Waals surface area contributed by atoms with E-state index in [0.717, 1.165) is 12.1 Å². The number of carbonyl (C=O) groups excluding carboxylic acids is 1. The van der Waals surface area contributed by atoms with Gasteiger partial charge in [0.1, 0.15) is 5.75 Å². The van der Waals surface area contributed by atoms with Crippen molar-refractivity contribution < 1.29 is 31.1 Å². The Morgan fingerprint density at radius 1 is 1.06 bits per heavy atom. The predicted molar refractivity (Wildman–Crippen MR) is 107 cm³/mol. The number of nitrogens with zero attached hydrogens (tertiary/aromatic N) is 1. The molecule has 1 aliphatic rings. The lowest BCUT2D eigenvalue weighted by molar-refractivity contribution is -0.125. The lowest BCUT2D eigenvalue weighted by Crippen LogP contribution is -2.44. The highest BCUT2D eigenvalue weighted by Gasteiger charge is 2.32. The molecule has 0 unspecified atom stereocenters. The van der Waals surface area contributed by atoms with Crippen LogP contribution in [-0.2, 0) is 14.8 Å². The third kappa shape index (κ3) is 5.10. The number of nitrogens with one attached hydrogen (secondary N) is 2. The van der Waals surface area contributed by atoms with Crippen LogP contribution >= 0.6 is 0 Å². The Morgan fingerprint density at radius 3 is 2.32 bits per heavy atom. The maximum absolute atomic E-state index is 13.7. The molecule has 1 aliphatic heterocycles. The largest absolute Gasteiger partial charge is 0.494 e. The van der Waals surface area contributed by atoms with E-state index in [1.807, 2.05) is 6.92 Å². The molecular weight excluding hydrogens is 435 g/mol. The Hall–Kier alpha value is -2.79. The van der Waals surface area contributed by atoms with E-state index in [4.69, 9.17) is 4.74 Å². The number of hydrazine groups is 1. The number of ether oxygens (including phenoxy) is 1. The topological polar surface area (TPSA) is 87.7 Å². The normalized spacial score (nSPS) is 15.5. The maximum Gasteiger partial charge on any atom is 0.243 e. The molecule has 0 atom stereocenters. The molecule has 1 amide bonds. The summed E-state index contributed by atoms with van der Waals surface area (Å²) >= 11 is 0. The van der Waals surface area contributed by atoms with Crippen LogP contribution in [0.3, 0.4) is 0 Å². The summed E-state index contributed by atoms with van der Waals surface area (Å²) in [6.45, 7) is 2.56. The predicted octanol–water partition coefficient (Wildman–Crippen LogP) is 3.05. The molecule has 0 bridgehead atoms. The molecule has 0 radical (unpaired) electrons. The molecule has 1 fully saturated rings. The third-order valence-electron chi connectivity index (χ3n) is 4.95. The van der Waals surface area contributed by atoms with Crippen molar-refractivity contribution in [2.24, 2.45) is 5.92 Å². The van der Waals surface area contributed by atoms with Gasteiger partial charge in [-0.2, -0.15) is 4.31 Å². The highest BCUT2D eigenvalue weighted by atomic mass is 32.2. The molecule has 2 N–H and O–H groups in total. The zero-order valence-corrected chi connectivity index (χ0v) is 17.5. The molecule has 0 aromatic heterocycles. The van der Waals surface area contributed by atoms with Crippen molar-refractivity contribution in [3.63, 3.8) is 0 Å². The number of sulfonamides is 1. The Morgan fingerprint density at radius 2 is 1.71 bits per heavy atom. The van der Waals surface area contributed by atoms with E-state index in [-0.39, 0.29) is 30.8 Å². The molecule has 2 aromatic rings. The molecule has 2 aromatic carbocycles. The lowest BCUT2D eigenvalue weighted by Gasteiger charge is -2.30. The Labute approximate surface area is 178 Å². The van der Waals surface area contributed by atoms with Crippen LogP contribution in [0.4, 0.5) is 18.9 Å². The molecule has 31 heavy (non-hydrogen) atoms. The molecule has 1 heterocycles. The number of halogens is 3. The van der Waals surface area contributed by atoms with Crippen LogP contribution in [0.2, 0.25) is 0 Å². The summed E-state index contributed by atoms with van der Waals surface area (Å²) in [7, 11) is -3.71. The molecule has 3 rings (SSSR count). The molecular formula is C20H22F3N3O4S. The van der Waals surface area contributed by atoms with Gasteiger partial charge in [0.15, 0.2) is 17.5 Å². The number of piperidine rings is 1. The lowest BCUT2D eigenvalue weighted by atomic mass is 9.98. The second kappa shape index (κ2) is 9.56. The summed E-state index contributed by atoms with van der Waals surface area (Å²) in [4.78, 5) is 12.4. The van der Waals surface area contributed by atoms with Crippen LogP contribution in [0, 0.1) is 23.4 Å². The van der Waals surface area contributed by atoms with Crippen LogP contribution in [-0.4, -0.2) is 38.3 Å². The van der Waals surface area contributed by atoms with Crippen molar-refractivity contribution in [1.82, 2.24) is 9.73 Å². The number of carbonyl (C=O) groups is 1. The number of benzene rings is 2. The zero-order chi connectivity index (χ0) is 22.6. The van der Waals surface area contributed by atoms with Crippen molar-refractivity contribution in [2.45, 2.75) is 24.7 Å². The number of amides is 1. The summed E-state index contributed by atoms with van der Waals surface area (Å²) in [5, 5.41) is 0. The van der Waals surface area contributed by atoms with Crippen molar-refractivity contribution in [2.75, 3.05) is 25.1 Å². The first-order valence-electron chi connectivity index (χ1n) is 9.66. The number of anilines is 1. The van der Waals surface area contributed by atoms with E-state index < -0.39 is 45.0 Å². The fourth-order valence-electron chi connectivity index (χ4n) is 3.24. The maximum atomic E-state index is 13.7. The molecule has 11 heteroatoms. The van der Waals surface area contributed by atoms with E-state index in [1.54, 1.807) is 12.1 Å². The minimum Gasteiger partial charge on any atom is -0.494 e. The summed E-state index contributed by atoms with van der Waals surface area (Å²) in [6.07, 6.45) is 0.508. The van der Waals surface area contributed by atoms with Gasteiger partial charge in [-0.05, 0) is 56.2 Å². The zero-order valence-electron chi connectivity index (χ0n) is 16.7. The number of hydrogen-bond donors (Lipinski definition) is 2. The highest BCUT2D eigenvalue weighted by Crippen LogP contribution is 2.25. The van der Waals surface area contributed by atoms with Gasteiger partial charge in [0.2, 0.25) is 15.9 Å². The minimum absolute atomic E-state index is 0.132. The molecule has 0 aliphatic carbocycles. The summed E-state index contributed by atoms with van der Waals surface area (Å²) in [6, 6.07) is 7.80. The number of hydrogen-bond acceptors (Lipinski definition) is 5. The van der Waals surface area contributed by atoms with Gasteiger partial charge < -0.3 is 4.74 Å². The van der Waals surface area contributed by atoms with Gasteiger partial charge in [-0.3, -0.25) is 15.6 Å². The van der Waals surface area contributed by atoms with Crippen molar-refractivity contribution in [3.05, 3.63) is 53.8 Å². The van der Waals surface area contributed by atoms with Gasteiger partial charge in [-0.25, -0.2) is 21.6 Å². The van der Waals surface area contributed by atoms with Crippen LogP contribution in [0.15, 0.2) is 41.3 Å². The van der Waals surface area contributed by atoms with E-state index in [2.05, 4.69) is 10.9 Å². The van der Waals surface area contributed by atoms with Gasteiger partial charge in [0.05, 0.1) is 17.2 Å². The monoisotopic (exact) mass is 457 g/mol. The molecule has 168 valence electrons. The Balaban J connectivity index is 1.56. The number of rotatable bonds is 7. The molecule has 1 saturated heterocycles. The average Bonchev–Trinajstić information content (AvgIpc) is 2.77. The van der Waals surface area contributed by atoms with Gasteiger partial charge in [-0.15, -0.1) is 0 Å². The van der Waals surface area contributed by atoms with Crippen molar-refractivity contribution in [1.29, 1.82) is 0 Å². The van der Waals surface area contributed by atoms with Crippen LogP contribution < -0.4 is 15.6 Å². The van der Waals surface area contributed by atoms with Crippen molar-refractivity contribution in [3.8, 4) is 5.75 Å². The van der Waals surface area contributed by atoms with Gasteiger partial charge in [0.25, 0.3) is 0 Å². The first-order valence-corrected chi connectivity index (χ1v) is 11.1. The minimum atomic E-state index is -3.71. The Bertz CT molecular complexity index is 1040. The molecule has 0 spiro atoms. The first-order chi connectivity index (χ1) is 14.7. The smallest absolute Gasteiger partial charge is 0.243 e. The molecule has 0 saturated carbocycles. The summed E-state index contributed by atoms with van der Waals surface area (Å²) < 4.78 is 72.1. The van der Waals surface area contributed by atoms with Gasteiger partial charge in [0, 0.05) is 19.0 Å². The first kappa shape index (κ1) is 22.9. The van der Waals surface area contributed by atoms with E-state index >= 15 is 0 Å².